The summed E-state index contributed by atoms with van der Waals surface area (Å²) in [5.41, 5.74) is 3.75. The van der Waals surface area contributed by atoms with E-state index in [-0.39, 0.29) is 36.7 Å². The van der Waals surface area contributed by atoms with Crippen LogP contribution in [0.15, 0.2) is 72.5 Å². The number of hydrogen-bond acceptors (Lipinski definition) is 7. The average molecular weight is 707 g/mol. The van der Waals surface area contributed by atoms with Crippen molar-refractivity contribution in [1.29, 1.82) is 0 Å². The number of benzene rings is 2. The van der Waals surface area contributed by atoms with Crippen LogP contribution in [0.1, 0.15) is 82.3 Å². The number of halogens is 1. The molecule has 3 aliphatic rings. The molecular weight excluding hydrogens is 652 g/mol. The molecule has 3 N–H and O–H groups in total. The van der Waals surface area contributed by atoms with Crippen molar-refractivity contribution in [2.75, 3.05) is 51.2 Å². The number of aliphatic hydroxyl groups is 1. The van der Waals surface area contributed by atoms with Gasteiger partial charge in [-0.1, -0.05) is 55.5 Å². The number of nitrogens with zero attached hydrogens (tertiary/aromatic N) is 4. The van der Waals surface area contributed by atoms with E-state index >= 15 is 0 Å². The quantitative estimate of drug-likeness (QED) is 0.0979. The van der Waals surface area contributed by atoms with Gasteiger partial charge in [0.1, 0.15) is 11.6 Å². The molecule has 0 bridgehead atoms. The molecule has 2 saturated carbocycles. The highest BCUT2D eigenvalue weighted by atomic mass is 19.1. The topological polar surface area (TPSA) is 93.6 Å². The lowest BCUT2D eigenvalue weighted by Crippen LogP contribution is -2.51. The minimum Gasteiger partial charge on any atom is -0.396 e. The van der Waals surface area contributed by atoms with Crippen LogP contribution in [0.2, 0.25) is 0 Å². The Kier molecular flexibility index (Phi) is 13.5. The van der Waals surface area contributed by atoms with Gasteiger partial charge < -0.3 is 20.6 Å². The number of carbonyl (C=O) groups excluding carboxylic acids is 1. The standard InChI is InChI=1S/C43H55FN6O2/c1-3-5-9-35(26-33(4-2)39(30-51)34-10-6-11-36(44)27-34)43(52)45-20-7-8-31-14-19-40-41(25-31)48-42(28-46-40)47-37-15-17-38(18-16-37)50-23-21-49(22-24-50)29-32-12-13-32/h3,5-6,9-11,14,19,25,27-28,32-33,37-39,51H,4,12-13,15-18,20-24,26,29-30H2,1-2H3,(H,45,52)(H,47,48). The average Bonchev–Trinajstić information content (AvgIpc) is 3.99. The Morgan fingerprint density at radius 1 is 1.06 bits per heavy atom. The lowest BCUT2D eigenvalue weighted by Gasteiger charge is -2.42. The number of fused-ring (bicyclic) bond motifs is 1. The maximum absolute atomic E-state index is 14.0. The molecule has 2 unspecified atom stereocenters. The molecule has 6 rings (SSSR count). The van der Waals surface area contributed by atoms with Crippen LogP contribution in [-0.4, -0.2) is 88.7 Å². The molecule has 52 heavy (non-hydrogen) atoms. The first-order valence-corrected chi connectivity index (χ1v) is 19.4. The minimum absolute atomic E-state index is 0.0456. The summed E-state index contributed by atoms with van der Waals surface area (Å²) < 4.78 is 14.0. The van der Waals surface area contributed by atoms with Crippen molar-refractivity contribution < 1.29 is 14.3 Å². The smallest absolute Gasteiger partial charge is 0.247 e. The number of anilines is 1. The molecule has 1 amide bonds. The van der Waals surface area contributed by atoms with E-state index in [1.165, 1.54) is 70.5 Å². The van der Waals surface area contributed by atoms with Crippen molar-refractivity contribution in [2.24, 2.45) is 11.8 Å². The van der Waals surface area contributed by atoms with Crippen LogP contribution in [0.5, 0.6) is 0 Å². The van der Waals surface area contributed by atoms with Crippen LogP contribution in [0.3, 0.4) is 0 Å². The summed E-state index contributed by atoms with van der Waals surface area (Å²) in [6.07, 6.45) is 16.1. The van der Waals surface area contributed by atoms with Gasteiger partial charge in [-0.15, -0.1) is 0 Å². The van der Waals surface area contributed by atoms with Crippen molar-refractivity contribution in [3.63, 3.8) is 0 Å². The van der Waals surface area contributed by atoms with E-state index < -0.39 is 0 Å². The van der Waals surface area contributed by atoms with Gasteiger partial charge in [0.2, 0.25) is 5.91 Å². The normalized spacial score (nSPS) is 21.4. The lowest BCUT2D eigenvalue weighted by molar-refractivity contribution is -0.117. The third-order valence-electron chi connectivity index (χ3n) is 11.1. The molecule has 1 saturated heterocycles. The number of hydrogen-bond donors (Lipinski definition) is 3. The van der Waals surface area contributed by atoms with Gasteiger partial charge in [0.15, 0.2) is 0 Å². The first-order valence-electron chi connectivity index (χ1n) is 19.4. The van der Waals surface area contributed by atoms with Gasteiger partial charge in [0.25, 0.3) is 0 Å². The molecule has 0 radical (unpaired) electrons. The highest BCUT2D eigenvalue weighted by Gasteiger charge is 2.31. The van der Waals surface area contributed by atoms with Crippen LogP contribution in [0.25, 0.3) is 11.0 Å². The Balaban J connectivity index is 1.000. The fraction of sp³-hybridized carbons (Fsp3) is 0.512. The lowest BCUT2D eigenvalue weighted by atomic mass is 9.80. The van der Waals surface area contributed by atoms with Gasteiger partial charge in [-0.2, -0.15) is 0 Å². The van der Waals surface area contributed by atoms with Gasteiger partial charge >= 0.3 is 0 Å². The molecule has 3 aromatic rings. The summed E-state index contributed by atoms with van der Waals surface area (Å²) in [5, 5.41) is 16.8. The highest BCUT2D eigenvalue weighted by Crippen LogP contribution is 2.33. The Bertz CT molecular complexity index is 1760. The molecule has 2 atom stereocenters. The van der Waals surface area contributed by atoms with Gasteiger partial charge in [-0.25, -0.2) is 9.37 Å². The van der Waals surface area contributed by atoms with Crippen LogP contribution in [-0.2, 0) is 4.79 Å². The molecule has 2 aromatic carbocycles. The second-order valence-electron chi connectivity index (χ2n) is 14.8. The Hall–Kier alpha value is -4.10. The molecule has 1 aliphatic heterocycles. The zero-order valence-electron chi connectivity index (χ0n) is 30.9. The van der Waals surface area contributed by atoms with Gasteiger partial charge in [-0.3, -0.25) is 14.7 Å². The molecule has 1 aromatic heterocycles. The molecule has 276 valence electrons. The Morgan fingerprint density at radius 2 is 1.87 bits per heavy atom. The molecule has 0 spiro atoms. The van der Waals surface area contributed by atoms with E-state index in [9.17, 15) is 14.3 Å². The molecule has 2 heterocycles. The first kappa shape index (κ1) is 37.7. The van der Waals surface area contributed by atoms with E-state index in [1.807, 2.05) is 62.5 Å². The monoisotopic (exact) mass is 706 g/mol. The fourth-order valence-electron chi connectivity index (χ4n) is 7.88. The number of aromatic nitrogens is 2. The van der Waals surface area contributed by atoms with E-state index in [1.54, 1.807) is 6.07 Å². The van der Waals surface area contributed by atoms with E-state index in [0.717, 1.165) is 53.2 Å². The van der Waals surface area contributed by atoms with Crippen LogP contribution >= 0.6 is 0 Å². The van der Waals surface area contributed by atoms with Crippen molar-refractivity contribution in [1.82, 2.24) is 25.1 Å². The maximum Gasteiger partial charge on any atom is 0.247 e. The molecule has 9 heteroatoms. The van der Waals surface area contributed by atoms with Crippen molar-refractivity contribution in [3.8, 4) is 11.8 Å². The third kappa shape index (κ3) is 10.5. The number of amides is 1. The SMILES string of the molecule is CC=CC=C(CC(CC)C(CO)c1cccc(F)c1)C(=O)NCC#Cc1ccc2ncc(NC3CCC(N4CCN(CC5CC5)CC4)CC3)nc2c1. The molecular formula is C43H55FN6O2. The summed E-state index contributed by atoms with van der Waals surface area (Å²) >= 11 is 0. The largest absolute Gasteiger partial charge is 0.396 e. The maximum atomic E-state index is 14.0. The van der Waals surface area contributed by atoms with Gasteiger partial charge in [0, 0.05) is 61.9 Å². The summed E-state index contributed by atoms with van der Waals surface area (Å²) in [7, 11) is 0. The van der Waals surface area contributed by atoms with E-state index in [4.69, 9.17) is 4.98 Å². The fourth-order valence-corrected chi connectivity index (χ4v) is 7.88. The Labute approximate surface area is 309 Å². The number of aliphatic hydroxyl groups excluding tert-OH is 1. The second-order valence-corrected chi connectivity index (χ2v) is 14.8. The zero-order chi connectivity index (χ0) is 36.3. The van der Waals surface area contributed by atoms with Crippen molar-refractivity contribution in [2.45, 2.75) is 83.2 Å². The number of allylic oxidation sites excluding steroid dienone is 3. The second kappa shape index (κ2) is 18.6. The van der Waals surface area contributed by atoms with Gasteiger partial charge in [0.05, 0.1) is 30.4 Å². The summed E-state index contributed by atoms with van der Waals surface area (Å²) in [6.45, 7) is 10.2. The Morgan fingerprint density at radius 3 is 2.58 bits per heavy atom. The van der Waals surface area contributed by atoms with Gasteiger partial charge in [-0.05, 0) is 99.6 Å². The van der Waals surface area contributed by atoms with E-state index in [2.05, 4.69) is 37.3 Å². The number of nitrogens with one attached hydrogen (secondary N) is 2. The predicted octanol–water partition coefficient (Wildman–Crippen LogP) is 6.68. The predicted molar refractivity (Wildman–Crippen MR) is 207 cm³/mol. The van der Waals surface area contributed by atoms with Crippen molar-refractivity contribution in [3.05, 3.63) is 89.4 Å². The minimum atomic E-state index is -0.335. The van der Waals surface area contributed by atoms with Crippen LogP contribution in [0.4, 0.5) is 10.2 Å². The first-order chi connectivity index (χ1) is 25.4. The highest BCUT2D eigenvalue weighted by molar-refractivity contribution is 5.93. The summed E-state index contributed by atoms with van der Waals surface area (Å²) in [4.78, 5) is 28.2. The van der Waals surface area contributed by atoms with Crippen molar-refractivity contribution >= 4 is 22.8 Å². The number of piperazine rings is 1. The third-order valence-corrected chi connectivity index (χ3v) is 11.1. The number of rotatable bonds is 14. The summed E-state index contributed by atoms with van der Waals surface area (Å²) in [5.74, 6) is 7.17. The molecule has 3 fully saturated rings. The van der Waals surface area contributed by atoms with E-state index in [0.29, 0.717) is 24.1 Å². The number of carbonyl (C=O) groups is 1. The van der Waals surface area contributed by atoms with Crippen LogP contribution in [0, 0.1) is 29.5 Å². The molecule has 2 aliphatic carbocycles. The summed E-state index contributed by atoms with van der Waals surface area (Å²) in [6, 6.07) is 13.3. The molecule has 8 nitrogen and oxygen atoms in total. The zero-order valence-corrected chi connectivity index (χ0v) is 30.9. The van der Waals surface area contributed by atoms with Crippen LogP contribution < -0.4 is 10.6 Å².